The molecule has 0 radical (unpaired) electrons. The van der Waals surface area contributed by atoms with Gasteiger partial charge in [0.05, 0.1) is 0 Å². The maximum atomic E-state index is 3.90. The molecule has 118 valence electrons. The van der Waals surface area contributed by atoms with E-state index in [-0.39, 0.29) is 0 Å². The molecule has 2 saturated carbocycles. The molecule has 1 heteroatoms. The van der Waals surface area contributed by atoms with Gasteiger partial charge in [0.15, 0.2) is 0 Å². The molecule has 2 aliphatic rings. The van der Waals surface area contributed by atoms with E-state index in [9.17, 15) is 0 Å². The Hall–Kier alpha value is -0.0400. The molecular weight excluding hydrogens is 242 g/mol. The summed E-state index contributed by atoms with van der Waals surface area (Å²) in [5.74, 6) is 2.79. The molecule has 0 spiro atoms. The van der Waals surface area contributed by atoms with Gasteiger partial charge in [0.2, 0.25) is 0 Å². The summed E-state index contributed by atoms with van der Waals surface area (Å²) in [6, 6.07) is 0.774. The minimum atomic E-state index is 0.534. The van der Waals surface area contributed by atoms with E-state index < -0.39 is 0 Å². The fourth-order valence-electron chi connectivity index (χ4n) is 4.98. The van der Waals surface area contributed by atoms with E-state index in [1.165, 1.54) is 64.3 Å². The van der Waals surface area contributed by atoms with Crippen LogP contribution in [-0.2, 0) is 0 Å². The molecule has 3 unspecified atom stereocenters. The van der Waals surface area contributed by atoms with Crippen LogP contribution in [0.15, 0.2) is 0 Å². The molecule has 3 atom stereocenters. The first-order valence-corrected chi connectivity index (χ1v) is 9.29. The van der Waals surface area contributed by atoms with Crippen molar-refractivity contribution in [3.63, 3.8) is 0 Å². The largest absolute Gasteiger partial charge is 0.314 e. The maximum Gasteiger partial charge on any atom is 0.0103 e. The van der Waals surface area contributed by atoms with Crippen molar-refractivity contribution < 1.29 is 0 Å². The van der Waals surface area contributed by atoms with E-state index in [0.717, 1.165) is 23.8 Å². The summed E-state index contributed by atoms with van der Waals surface area (Å²) in [5, 5.41) is 3.90. The number of hydrogen-bond donors (Lipinski definition) is 1. The van der Waals surface area contributed by atoms with Gasteiger partial charge in [0.25, 0.3) is 0 Å². The van der Waals surface area contributed by atoms with Crippen molar-refractivity contribution in [3.05, 3.63) is 0 Å². The SMILES string of the molecule is CCCNC1CC(C)CCC1C(C)(C)C1CCCCC1. The molecule has 2 fully saturated rings. The van der Waals surface area contributed by atoms with Crippen molar-refractivity contribution in [2.24, 2.45) is 23.2 Å². The Morgan fingerprint density at radius 3 is 2.35 bits per heavy atom. The highest BCUT2D eigenvalue weighted by atomic mass is 14.9. The van der Waals surface area contributed by atoms with E-state index >= 15 is 0 Å². The van der Waals surface area contributed by atoms with Gasteiger partial charge in [-0.2, -0.15) is 0 Å². The third-order valence-electron chi connectivity index (χ3n) is 6.38. The minimum absolute atomic E-state index is 0.534. The zero-order valence-electron chi connectivity index (χ0n) is 14.4. The second-order valence-corrected chi connectivity index (χ2v) is 8.24. The van der Waals surface area contributed by atoms with Gasteiger partial charge in [0, 0.05) is 6.04 Å². The van der Waals surface area contributed by atoms with E-state index in [0.29, 0.717) is 5.41 Å². The summed E-state index contributed by atoms with van der Waals surface area (Å²) >= 11 is 0. The Bertz CT molecular complexity index is 277. The second kappa shape index (κ2) is 7.29. The van der Waals surface area contributed by atoms with Crippen molar-refractivity contribution in [2.45, 2.75) is 91.5 Å². The van der Waals surface area contributed by atoms with Crippen LogP contribution in [0.25, 0.3) is 0 Å². The Morgan fingerprint density at radius 1 is 1.00 bits per heavy atom. The van der Waals surface area contributed by atoms with Gasteiger partial charge in [-0.3, -0.25) is 0 Å². The Kier molecular flexibility index (Phi) is 5.95. The molecule has 0 amide bonds. The summed E-state index contributed by atoms with van der Waals surface area (Å²) < 4.78 is 0. The van der Waals surface area contributed by atoms with Gasteiger partial charge in [-0.1, -0.05) is 53.4 Å². The van der Waals surface area contributed by atoms with Gasteiger partial charge in [-0.25, -0.2) is 0 Å². The zero-order valence-corrected chi connectivity index (χ0v) is 14.4. The van der Waals surface area contributed by atoms with Crippen LogP contribution in [0.5, 0.6) is 0 Å². The van der Waals surface area contributed by atoms with Crippen molar-refractivity contribution in [1.82, 2.24) is 5.32 Å². The molecule has 0 heterocycles. The molecule has 0 bridgehead atoms. The van der Waals surface area contributed by atoms with Gasteiger partial charge in [0.1, 0.15) is 0 Å². The van der Waals surface area contributed by atoms with Crippen molar-refractivity contribution in [3.8, 4) is 0 Å². The Balaban J connectivity index is 2.04. The second-order valence-electron chi connectivity index (χ2n) is 8.24. The summed E-state index contributed by atoms with van der Waals surface area (Å²) in [7, 11) is 0. The van der Waals surface area contributed by atoms with Crippen LogP contribution in [0, 0.1) is 23.2 Å². The molecule has 2 aliphatic carbocycles. The monoisotopic (exact) mass is 279 g/mol. The molecule has 0 aromatic heterocycles. The molecule has 1 nitrogen and oxygen atoms in total. The normalized spacial score (nSPS) is 33.3. The third kappa shape index (κ3) is 3.78. The lowest BCUT2D eigenvalue weighted by Crippen LogP contribution is -2.49. The fraction of sp³-hybridized carbons (Fsp3) is 1.00. The highest BCUT2D eigenvalue weighted by Gasteiger charge is 2.43. The summed E-state index contributed by atoms with van der Waals surface area (Å²) in [6.45, 7) is 11.1. The molecule has 20 heavy (non-hydrogen) atoms. The first-order chi connectivity index (χ1) is 9.55. The predicted molar refractivity (Wildman–Crippen MR) is 88.9 cm³/mol. The third-order valence-corrected chi connectivity index (χ3v) is 6.38. The summed E-state index contributed by atoms with van der Waals surface area (Å²) in [5.41, 5.74) is 0.534. The lowest BCUT2D eigenvalue weighted by Gasteiger charge is -2.49. The number of hydrogen-bond acceptors (Lipinski definition) is 1. The van der Waals surface area contributed by atoms with Crippen molar-refractivity contribution >= 4 is 0 Å². The van der Waals surface area contributed by atoms with Gasteiger partial charge in [-0.15, -0.1) is 0 Å². The highest BCUT2D eigenvalue weighted by Crippen LogP contribution is 2.49. The van der Waals surface area contributed by atoms with Crippen LogP contribution in [0.2, 0.25) is 0 Å². The minimum Gasteiger partial charge on any atom is -0.314 e. The first kappa shape index (κ1) is 16.3. The lowest BCUT2D eigenvalue weighted by molar-refractivity contribution is 0.0257. The van der Waals surface area contributed by atoms with Crippen LogP contribution in [0.3, 0.4) is 0 Å². The Morgan fingerprint density at radius 2 is 1.70 bits per heavy atom. The standard InChI is InChI=1S/C19H37N/c1-5-13-20-18-14-15(2)11-12-17(18)19(3,4)16-9-7-6-8-10-16/h15-18,20H,5-14H2,1-4H3. The fourth-order valence-corrected chi connectivity index (χ4v) is 4.98. The van der Waals surface area contributed by atoms with Crippen LogP contribution in [-0.4, -0.2) is 12.6 Å². The van der Waals surface area contributed by atoms with Crippen molar-refractivity contribution in [2.75, 3.05) is 6.54 Å². The summed E-state index contributed by atoms with van der Waals surface area (Å²) in [4.78, 5) is 0. The average molecular weight is 280 g/mol. The highest BCUT2D eigenvalue weighted by molar-refractivity contribution is 4.95. The zero-order chi connectivity index (χ0) is 14.6. The molecule has 0 aromatic rings. The van der Waals surface area contributed by atoms with Gasteiger partial charge in [-0.05, 0) is 61.8 Å². The quantitative estimate of drug-likeness (QED) is 0.710. The van der Waals surface area contributed by atoms with E-state index in [1.54, 1.807) is 0 Å². The lowest BCUT2D eigenvalue weighted by atomic mass is 9.58. The van der Waals surface area contributed by atoms with Gasteiger partial charge >= 0.3 is 0 Å². The predicted octanol–water partition coefficient (Wildman–Crippen LogP) is 5.40. The van der Waals surface area contributed by atoms with Crippen LogP contribution < -0.4 is 5.32 Å². The molecular formula is C19H37N. The first-order valence-electron chi connectivity index (χ1n) is 9.29. The number of rotatable bonds is 5. The van der Waals surface area contributed by atoms with Crippen LogP contribution >= 0.6 is 0 Å². The van der Waals surface area contributed by atoms with E-state index in [2.05, 4.69) is 33.0 Å². The summed E-state index contributed by atoms with van der Waals surface area (Å²) in [6.07, 6.45) is 13.0. The maximum absolute atomic E-state index is 3.90. The topological polar surface area (TPSA) is 12.0 Å². The average Bonchev–Trinajstić information content (AvgIpc) is 2.46. The van der Waals surface area contributed by atoms with Crippen molar-refractivity contribution in [1.29, 1.82) is 0 Å². The molecule has 2 rings (SSSR count). The Labute approximate surface area is 127 Å². The molecule has 0 aliphatic heterocycles. The molecule has 0 saturated heterocycles. The van der Waals surface area contributed by atoms with E-state index in [4.69, 9.17) is 0 Å². The molecule has 0 aromatic carbocycles. The van der Waals surface area contributed by atoms with Crippen LogP contribution in [0.4, 0.5) is 0 Å². The van der Waals surface area contributed by atoms with Crippen LogP contribution in [0.1, 0.15) is 85.5 Å². The number of nitrogens with one attached hydrogen (secondary N) is 1. The van der Waals surface area contributed by atoms with E-state index in [1.807, 2.05) is 0 Å². The molecule has 1 N–H and O–H groups in total. The smallest absolute Gasteiger partial charge is 0.0103 e. The van der Waals surface area contributed by atoms with Gasteiger partial charge < -0.3 is 5.32 Å².